The molecular formula is C20H28N4O2. The molecule has 3 heterocycles. The van der Waals surface area contributed by atoms with E-state index in [0.29, 0.717) is 18.4 Å². The smallest absolute Gasteiger partial charge is 0.262 e. The number of hydrogen-bond acceptors (Lipinski definition) is 5. The second-order valence-electron chi connectivity index (χ2n) is 8.42. The summed E-state index contributed by atoms with van der Waals surface area (Å²) in [6, 6.07) is 4.12. The first-order valence-corrected chi connectivity index (χ1v) is 9.49. The van der Waals surface area contributed by atoms with Crippen LogP contribution in [0.15, 0.2) is 17.2 Å². The molecule has 2 N–H and O–H groups in total. The molecule has 140 valence electrons. The summed E-state index contributed by atoms with van der Waals surface area (Å²) in [5.74, 6) is 2.36. The lowest BCUT2D eigenvalue weighted by molar-refractivity contribution is -0.122. The second kappa shape index (κ2) is 5.98. The van der Waals surface area contributed by atoms with Gasteiger partial charge >= 0.3 is 0 Å². The van der Waals surface area contributed by atoms with Gasteiger partial charge in [-0.1, -0.05) is 27.7 Å². The first-order chi connectivity index (χ1) is 12.3. The molecule has 26 heavy (non-hydrogen) atoms. The Morgan fingerprint density at radius 2 is 2.00 bits per heavy atom. The SMILES string of the molecule is CC(C)c1cc2c(cc1C(C)C1(C)CNC1)N1C(=NNC(=O)C1C)CO2. The van der Waals surface area contributed by atoms with Crippen molar-refractivity contribution < 1.29 is 9.53 Å². The van der Waals surface area contributed by atoms with Crippen molar-refractivity contribution >= 4 is 17.4 Å². The Balaban J connectivity index is 1.84. The van der Waals surface area contributed by atoms with Crippen molar-refractivity contribution in [1.29, 1.82) is 0 Å². The minimum absolute atomic E-state index is 0.0840. The molecule has 3 aliphatic rings. The van der Waals surface area contributed by atoms with Gasteiger partial charge in [-0.05, 0) is 47.4 Å². The fourth-order valence-corrected chi connectivity index (χ4v) is 4.18. The van der Waals surface area contributed by atoms with E-state index in [1.54, 1.807) is 0 Å². The molecule has 3 aliphatic heterocycles. The van der Waals surface area contributed by atoms with Crippen LogP contribution >= 0.6 is 0 Å². The molecule has 0 aromatic heterocycles. The Bertz CT molecular complexity index is 782. The third-order valence-corrected chi connectivity index (χ3v) is 6.31. The maximum absolute atomic E-state index is 12.2. The van der Waals surface area contributed by atoms with Gasteiger partial charge in [0.15, 0.2) is 5.84 Å². The Morgan fingerprint density at radius 1 is 1.27 bits per heavy atom. The predicted octanol–water partition coefficient (Wildman–Crippen LogP) is 2.55. The van der Waals surface area contributed by atoms with E-state index >= 15 is 0 Å². The van der Waals surface area contributed by atoms with E-state index in [9.17, 15) is 4.79 Å². The summed E-state index contributed by atoms with van der Waals surface area (Å²) in [5, 5.41) is 7.61. The maximum Gasteiger partial charge on any atom is 0.262 e. The van der Waals surface area contributed by atoms with Crippen molar-refractivity contribution in [3.05, 3.63) is 23.3 Å². The fraction of sp³-hybridized carbons (Fsp3) is 0.600. The monoisotopic (exact) mass is 356 g/mol. The zero-order valence-electron chi connectivity index (χ0n) is 16.2. The van der Waals surface area contributed by atoms with E-state index in [1.807, 2.05) is 11.8 Å². The van der Waals surface area contributed by atoms with Gasteiger partial charge in [0.05, 0.1) is 5.69 Å². The van der Waals surface area contributed by atoms with Gasteiger partial charge in [-0.25, -0.2) is 5.43 Å². The van der Waals surface area contributed by atoms with Crippen LogP contribution in [0.1, 0.15) is 57.6 Å². The Kier molecular flexibility index (Phi) is 3.99. The van der Waals surface area contributed by atoms with Crippen LogP contribution in [0.2, 0.25) is 0 Å². The Labute approximate surface area is 155 Å². The third-order valence-electron chi connectivity index (χ3n) is 6.31. The number of hydrazone groups is 1. The number of amidine groups is 1. The average Bonchev–Trinajstić information content (AvgIpc) is 2.60. The van der Waals surface area contributed by atoms with Crippen molar-refractivity contribution in [2.45, 2.75) is 52.5 Å². The van der Waals surface area contributed by atoms with E-state index in [1.165, 1.54) is 11.1 Å². The summed E-state index contributed by atoms with van der Waals surface area (Å²) < 4.78 is 5.99. The van der Waals surface area contributed by atoms with Gasteiger partial charge in [-0.15, -0.1) is 0 Å². The van der Waals surface area contributed by atoms with Gasteiger partial charge in [0.1, 0.15) is 18.4 Å². The highest BCUT2D eigenvalue weighted by atomic mass is 16.5. The summed E-state index contributed by atoms with van der Waals surface area (Å²) in [6.45, 7) is 13.5. The Morgan fingerprint density at radius 3 is 2.62 bits per heavy atom. The predicted molar refractivity (Wildman–Crippen MR) is 103 cm³/mol. The molecule has 0 aliphatic carbocycles. The topological polar surface area (TPSA) is 66.0 Å². The minimum Gasteiger partial charge on any atom is -0.483 e. The van der Waals surface area contributed by atoms with E-state index in [2.05, 4.69) is 55.7 Å². The molecule has 6 heteroatoms. The first-order valence-electron chi connectivity index (χ1n) is 9.49. The summed E-state index contributed by atoms with van der Waals surface area (Å²) in [4.78, 5) is 14.2. The lowest BCUT2D eigenvalue weighted by Crippen LogP contribution is -2.56. The number of carbonyl (C=O) groups is 1. The number of anilines is 1. The van der Waals surface area contributed by atoms with Crippen LogP contribution in [-0.4, -0.2) is 37.5 Å². The molecule has 1 amide bonds. The third kappa shape index (κ3) is 2.50. The van der Waals surface area contributed by atoms with Crippen LogP contribution in [0.5, 0.6) is 5.75 Å². The average molecular weight is 356 g/mol. The molecule has 6 nitrogen and oxygen atoms in total. The highest BCUT2D eigenvalue weighted by Gasteiger charge is 2.41. The maximum atomic E-state index is 12.2. The summed E-state index contributed by atoms with van der Waals surface area (Å²) in [6.07, 6.45) is 0. The lowest BCUT2D eigenvalue weighted by Gasteiger charge is -2.46. The minimum atomic E-state index is -0.292. The quantitative estimate of drug-likeness (QED) is 0.874. The molecule has 1 aromatic carbocycles. The van der Waals surface area contributed by atoms with Gasteiger partial charge in [0, 0.05) is 13.1 Å². The molecule has 0 spiro atoms. The number of nitrogens with zero attached hydrogens (tertiary/aromatic N) is 2. The van der Waals surface area contributed by atoms with Gasteiger partial charge < -0.3 is 15.0 Å². The van der Waals surface area contributed by atoms with E-state index in [-0.39, 0.29) is 17.4 Å². The molecule has 1 fully saturated rings. The number of hydrogen-bond donors (Lipinski definition) is 2. The highest BCUT2D eigenvalue weighted by molar-refractivity contribution is 6.09. The summed E-state index contributed by atoms with van der Waals surface area (Å²) >= 11 is 0. The zero-order valence-corrected chi connectivity index (χ0v) is 16.2. The number of fused-ring (bicyclic) bond motifs is 3. The second-order valence-corrected chi connectivity index (χ2v) is 8.42. The van der Waals surface area contributed by atoms with Gasteiger partial charge in [0.25, 0.3) is 5.91 Å². The largest absolute Gasteiger partial charge is 0.483 e. The summed E-state index contributed by atoms with van der Waals surface area (Å²) in [5.41, 5.74) is 6.49. The fourth-order valence-electron chi connectivity index (χ4n) is 4.18. The first kappa shape index (κ1) is 17.3. The van der Waals surface area contributed by atoms with E-state index in [4.69, 9.17) is 4.74 Å². The number of nitrogens with one attached hydrogen (secondary N) is 2. The number of benzene rings is 1. The lowest BCUT2D eigenvalue weighted by atomic mass is 9.68. The Hall–Kier alpha value is -2.08. The van der Waals surface area contributed by atoms with Crippen molar-refractivity contribution in [3.63, 3.8) is 0 Å². The number of amides is 1. The van der Waals surface area contributed by atoms with Crippen molar-refractivity contribution in [1.82, 2.24) is 10.7 Å². The van der Waals surface area contributed by atoms with Crippen LogP contribution < -0.4 is 20.4 Å². The van der Waals surface area contributed by atoms with Crippen LogP contribution in [0.25, 0.3) is 0 Å². The molecule has 1 saturated heterocycles. The van der Waals surface area contributed by atoms with Crippen molar-refractivity contribution in [2.75, 3.05) is 24.6 Å². The van der Waals surface area contributed by atoms with Crippen LogP contribution in [0, 0.1) is 5.41 Å². The number of ether oxygens (including phenoxy) is 1. The summed E-state index contributed by atoms with van der Waals surface area (Å²) in [7, 11) is 0. The molecular weight excluding hydrogens is 328 g/mol. The molecule has 2 atom stereocenters. The number of carbonyl (C=O) groups excluding carboxylic acids is 1. The molecule has 2 unspecified atom stereocenters. The van der Waals surface area contributed by atoms with Gasteiger partial charge in [-0.2, -0.15) is 5.10 Å². The van der Waals surface area contributed by atoms with Gasteiger partial charge in [0.2, 0.25) is 0 Å². The van der Waals surface area contributed by atoms with Crippen LogP contribution in [0.3, 0.4) is 0 Å². The molecule has 1 aromatic rings. The van der Waals surface area contributed by atoms with E-state index in [0.717, 1.165) is 30.4 Å². The van der Waals surface area contributed by atoms with Crippen LogP contribution in [-0.2, 0) is 4.79 Å². The zero-order chi connectivity index (χ0) is 18.6. The molecule has 0 saturated carbocycles. The van der Waals surface area contributed by atoms with Crippen LogP contribution in [0.4, 0.5) is 5.69 Å². The van der Waals surface area contributed by atoms with E-state index < -0.39 is 0 Å². The molecule has 0 bridgehead atoms. The van der Waals surface area contributed by atoms with Crippen molar-refractivity contribution in [2.24, 2.45) is 10.5 Å². The molecule has 0 radical (unpaired) electrons. The van der Waals surface area contributed by atoms with Gasteiger partial charge in [-0.3, -0.25) is 4.79 Å². The molecule has 4 rings (SSSR count). The van der Waals surface area contributed by atoms with Crippen molar-refractivity contribution in [3.8, 4) is 5.75 Å². The normalized spacial score (nSPS) is 24.7. The highest BCUT2D eigenvalue weighted by Crippen LogP contribution is 2.46. The number of rotatable bonds is 3. The standard InChI is InChI=1S/C20H28N4O2/c1-11(2)14-7-17-16(6-15(14)12(3)20(5)9-21-10-20)24-13(4)19(25)23-22-18(24)8-26-17/h6-7,11-13,21H,8-10H2,1-5H3,(H,23,25).